The first kappa shape index (κ1) is 16.5. The van der Waals surface area contributed by atoms with Crippen LogP contribution in [0.25, 0.3) is 0 Å². The molecule has 3 N–H and O–H groups in total. The van der Waals surface area contributed by atoms with Crippen LogP contribution in [0.1, 0.15) is 37.6 Å². The van der Waals surface area contributed by atoms with Crippen molar-refractivity contribution < 1.29 is 9.53 Å². The Labute approximate surface area is 121 Å². The van der Waals surface area contributed by atoms with Gasteiger partial charge < -0.3 is 4.74 Å². The molecule has 5 heteroatoms. The first-order chi connectivity index (χ1) is 9.40. The van der Waals surface area contributed by atoms with Crippen molar-refractivity contribution in [2.24, 2.45) is 5.84 Å². The summed E-state index contributed by atoms with van der Waals surface area (Å²) in [6.45, 7) is 8.08. The van der Waals surface area contributed by atoms with Gasteiger partial charge in [-0.25, -0.2) is 5.84 Å². The lowest BCUT2D eigenvalue weighted by atomic mass is 10.0. The van der Waals surface area contributed by atoms with Gasteiger partial charge >= 0.3 is 0 Å². The molecule has 20 heavy (non-hydrogen) atoms. The first-order valence-corrected chi connectivity index (χ1v) is 6.85. The second-order valence-corrected chi connectivity index (χ2v) is 5.43. The molecule has 112 valence electrons. The molecule has 5 nitrogen and oxygen atoms in total. The molecule has 0 aliphatic carbocycles. The maximum Gasteiger partial charge on any atom is 0.265 e. The number of nitrogens with two attached hydrogens (primary N) is 1. The van der Waals surface area contributed by atoms with E-state index in [1.807, 2.05) is 0 Å². The minimum atomic E-state index is -0.305. The second kappa shape index (κ2) is 7.26. The number of hydrazine groups is 1. The molecular weight excluding hydrogens is 254 g/mol. The molecule has 0 aliphatic rings. The van der Waals surface area contributed by atoms with Crippen LogP contribution in [0.3, 0.4) is 0 Å². The van der Waals surface area contributed by atoms with E-state index >= 15 is 0 Å². The molecule has 0 fully saturated rings. The van der Waals surface area contributed by atoms with Crippen molar-refractivity contribution >= 4 is 5.91 Å². The Morgan fingerprint density at radius 3 is 2.45 bits per heavy atom. The molecule has 1 rings (SSSR count). The molecule has 0 bridgehead atoms. The van der Waals surface area contributed by atoms with E-state index in [4.69, 9.17) is 10.6 Å². The van der Waals surface area contributed by atoms with Crippen molar-refractivity contribution in [2.75, 3.05) is 20.2 Å². The fourth-order valence-corrected chi connectivity index (χ4v) is 1.66. The van der Waals surface area contributed by atoms with Crippen molar-refractivity contribution in [3.63, 3.8) is 0 Å². The minimum absolute atomic E-state index is 0.173. The Morgan fingerprint density at radius 2 is 1.95 bits per heavy atom. The summed E-state index contributed by atoms with van der Waals surface area (Å²) in [5.74, 6) is 5.52. The maximum atomic E-state index is 11.3. The molecule has 1 aromatic rings. The average molecular weight is 279 g/mol. The third kappa shape index (κ3) is 4.51. The molecule has 1 aromatic carbocycles. The molecule has 0 aromatic heterocycles. The number of hydrogen-bond donors (Lipinski definition) is 2. The lowest BCUT2D eigenvalue weighted by Gasteiger charge is -2.34. The van der Waals surface area contributed by atoms with Crippen LogP contribution in [0.5, 0.6) is 5.75 Å². The van der Waals surface area contributed by atoms with E-state index in [9.17, 15) is 4.79 Å². The molecule has 0 saturated heterocycles. The fourth-order valence-electron chi connectivity index (χ4n) is 1.66. The topological polar surface area (TPSA) is 67.6 Å². The van der Waals surface area contributed by atoms with E-state index in [1.165, 1.54) is 0 Å². The van der Waals surface area contributed by atoms with Crippen molar-refractivity contribution in [3.8, 4) is 5.75 Å². The molecule has 0 unspecified atom stereocenters. The molecule has 0 atom stereocenters. The van der Waals surface area contributed by atoms with Crippen LogP contribution < -0.4 is 16.0 Å². The Bertz CT molecular complexity index is 429. The number of carbonyl (C=O) groups excluding carboxylic acids is 1. The van der Waals surface area contributed by atoms with E-state index in [1.54, 1.807) is 24.3 Å². The number of rotatable bonds is 7. The normalized spacial score (nSPS) is 11.5. The molecule has 0 aliphatic heterocycles. The van der Waals surface area contributed by atoms with Crippen LogP contribution in [0.2, 0.25) is 0 Å². The van der Waals surface area contributed by atoms with E-state index in [-0.39, 0.29) is 11.4 Å². The van der Waals surface area contributed by atoms with Gasteiger partial charge in [0.25, 0.3) is 5.91 Å². The van der Waals surface area contributed by atoms with E-state index in [0.29, 0.717) is 12.2 Å². The zero-order valence-electron chi connectivity index (χ0n) is 12.8. The monoisotopic (exact) mass is 279 g/mol. The predicted octanol–water partition coefficient (Wildman–Crippen LogP) is 1.79. The van der Waals surface area contributed by atoms with Gasteiger partial charge in [0.15, 0.2) is 0 Å². The summed E-state index contributed by atoms with van der Waals surface area (Å²) in [5, 5.41) is 0. The van der Waals surface area contributed by atoms with Gasteiger partial charge in [0.2, 0.25) is 0 Å². The number of hydrogen-bond acceptors (Lipinski definition) is 4. The summed E-state index contributed by atoms with van der Waals surface area (Å²) < 4.78 is 5.68. The lowest BCUT2D eigenvalue weighted by molar-refractivity contribution is 0.0953. The van der Waals surface area contributed by atoms with Gasteiger partial charge in [0.05, 0.1) is 0 Å². The highest BCUT2D eigenvalue weighted by Crippen LogP contribution is 2.16. The zero-order chi connectivity index (χ0) is 15.2. The van der Waals surface area contributed by atoms with Gasteiger partial charge in [-0.2, -0.15) is 0 Å². The summed E-state index contributed by atoms with van der Waals surface area (Å²) in [6.07, 6.45) is 1.09. The number of ether oxygens (including phenoxy) is 1. The molecule has 0 heterocycles. The maximum absolute atomic E-state index is 11.3. The summed E-state index contributed by atoms with van der Waals surface area (Å²) >= 11 is 0. The number of nitrogen functional groups attached to an aromatic ring is 1. The molecule has 0 spiro atoms. The highest BCUT2D eigenvalue weighted by atomic mass is 16.5. The van der Waals surface area contributed by atoms with Crippen LogP contribution in [0.4, 0.5) is 0 Å². The van der Waals surface area contributed by atoms with Gasteiger partial charge in [-0.15, -0.1) is 0 Å². The fraction of sp³-hybridized carbons (Fsp3) is 0.533. The summed E-state index contributed by atoms with van der Waals surface area (Å²) in [5.41, 5.74) is 2.79. The largest absolute Gasteiger partial charge is 0.492 e. The summed E-state index contributed by atoms with van der Waals surface area (Å²) in [7, 11) is 2.10. The number of nitrogens with one attached hydrogen (secondary N) is 1. The van der Waals surface area contributed by atoms with E-state index in [0.717, 1.165) is 18.7 Å². The van der Waals surface area contributed by atoms with Gasteiger partial charge in [-0.1, -0.05) is 6.92 Å². The molecule has 0 saturated carbocycles. The van der Waals surface area contributed by atoms with Gasteiger partial charge in [-0.3, -0.25) is 15.1 Å². The van der Waals surface area contributed by atoms with Crippen molar-refractivity contribution in [2.45, 2.75) is 32.7 Å². The smallest absolute Gasteiger partial charge is 0.265 e. The van der Waals surface area contributed by atoms with Gasteiger partial charge in [0, 0.05) is 17.6 Å². The Balaban J connectivity index is 2.45. The standard InChI is InChI=1S/C15H25N3O2/c1-5-15(2,3)18(4)10-11-20-13-8-6-12(7-9-13)14(19)17-16/h6-9H,5,10-11,16H2,1-4H3,(H,17,19). The SMILES string of the molecule is CCC(C)(C)N(C)CCOc1ccc(C(=O)NN)cc1. The van der Waals surface area contributed by atoms with E-state index < -0.39 is 0 Å². The third-order valence-corrected chi connectivity index (χ3v) is 3.84. The number of amides is 1. The van der Waals surface area contributed by atoms with E-state index in [2.05, 4.69) is 38.1 Å². The highest BCUT2D eigenvalue weighted by molar-refractivity contribution is 5.93. The Morgan fingerprint density at radius 1 is 1.35 bits per heavy atom. The summed E-state index contributed by atoms with van der Waals surface area (Å²) in [4.78, 5) is 13.6. The molecule has 1 amide bonds. The van der Waals surface area contributed by atoms with Crippen molar-refractivity contribution in [1.82, 2.24) is 10.3 Å². The van der Waals surface area contributed by atoms with Crippen LogP contribution >= 0.6 is 0 Å². The second-order valence-electron chi connectivity index (χ2n) is 5.43. The average Bonchev–Trinajstić information content (AvgIpc) is 2.47. The summed E-state index contributed by atoms with van der Waals surface area (Å²) in [6, 6.07) is 6.93. The number of benzene rings is 1. The van der Waals surface area contributed by atoms with Crippen molar-refractivity contribution in [1.29, 1.82) is 0 Å². The van der Waals surface area contributed by atoms with Crippen LogP contribution in [0, 0.1) is 0 Å². The highest BCUT2D eigenvalue weighted by Gasteiger charge is 2.20. The lowest BCUT2D eigenvalue weighted by Crippen LogP contribution is -2.42. The zero-order valence-corrected chi connectivity index (χ0v) is 12.8. The van der Waals surface area contributed by atoms with Crippen LogP contribution in [0.15, 0.2) is 24.3 Å². The van der Waals surface area contributed by atoms with Gasteiger partial charge in [-0.05, 0) is 51.6 Å². The van der Waals surface area contributed by atoms with Crippen LogP contribution in [-0.4, -0.2) is 36.5 Å². The number of likely N-dealkylation sites (N-methyl/N-ethyl adjacent to an activating group) is 1. The molecule has 0 radical (unpaired) electrons. The first-order valence-electron chi connectivity index (χ1n) is 6.85. The third-order valence-electron chi connectivity index (χ3n) is 3.84. The quantitative estimate of drug-likeness (QED) is 0.453. The van der Waals surface area contributed by atoms with Gasteiger partial charge in [0.1, 0.15) is 12.4 Å². The Kier molecular flexibility index (Phi) is 5.98. The molecular formula is C15H25N3O2. The van der Waals surface area contributed by atoms with Crippen molar-refractivity contribution in [3.05, 3.63) is 29.8 Å². The number of carbonyl (C=O) groups is 1. The minimum Gasteiger partial charge on any atom is -0.492 e. The Hall–Kier alpha value is -1.59. The van der Waals surface area contributed by atoms with Crippen LogP contribution in [-0.2, 0) is 0 Å². The number of nitrogens with zero attached hydrogens (tertiary/aromatic N) is 1. The predicted molar refractivity (Wildman–Crippen MR) is 80.6 cm³/mol.